The van der Waals surface area contributed by atoms with Crippen molar-refractivity contribution in [3.63, 3.8) is 0 Å². The number of ether oxygens (including phenoxy) is 1. The molecule has 0 bridgehead atoms. The minimum atomic E-state index is -2.77. The highest BCUT2D eigenvalue weighted by Gasteiger charge is 2.19. The molecule has 7 heteroatoms. The molecule has 4 nitrogen and oxygen atoms in total. The summed E-state index contributed by atoms with van der Waals surface area (Å²) in [5.74, 6) is -0.986. The summed E-state index contributed by atoms with van der Waals surface area (Å²) in [5.41, 5.74) is -0.535. The molecule has 1 aromatic rings. The summed E-state index contributed by atoms with van der Waals surface area (Å²) in [6.45, 7) is 0. The van der Waals surface area contributed by atoms with E-state index in [0.717, 1.165) is 6.07 Å². The molecule has 0 aliphatic carbocycles. The number of nitrogens with zero attached hydrogens (tertiary/aromatic N) is 1. The molecule has 0 aliphatic rings. The maximum absolute atomic E-state index is 12.6. The molecule has 0 fully saturated rings. The van der Waals surface area contributed by atoms with Crippen LogP contribution >= 0.6 is 22.6 Å². The Kier molecular flexibility index (Phi) is 4.39. The zero-order valence-corrected chi connectivity index (χ0v) is 10.4. The molecule has 0 aliphatic heterocycles. The molecule has 0 atom stereocenters. The molecule has 1 aromatic heterocycles. The number of carboxylic acids is 1. The number of alkyl halides is 2. The van der Waals surface area contributed by atoms with E-state index in [4.69, 9.17) is 9.84 Å². The summed E-state index contributed by atoms with van der Waals surface area (Å²) in [7, 11) is 1.34. The number of aliphatic carboxylic acids is 1. The minimum Gasteiger partial charge on any atom is -0.494 e. The summed E-state index contributed by atoms with van der Waals surface area (Å²) in [5, 5.41) is 8.57. The molecule has 0 saturated heterocycles. The number of pyridine rings is 1. The van der Waals surface area contributed by atoms with Crippen LogP contribution in [0.1, 0.15) is 17.7 Å². The van der Waals surface area contributed by atoms with Crippen LogP contribution in [-0.2, 0) is 11.2 Å². The lowest BCUT2D eigenvalue weighted by Crippen LogP contribution is -2.08. The molecule has 0 aromatic carbocycles. The lowest BCUT2D eigenvalue weighted by atomic mass is 10.1. The van der Waals surface area contributed by atoms with Gasteiger partial charge in [-0.15, -0.1) is 0 Å². The van der Waals surface area contributed by atoms with Gasteiger partial charge in [-0.3, -0.25) is 4.79 Å². The van der Waals surface area contributed by atoms with E-state index in [0.29, 0.717) is 3.70 Å². The summed E-state index contributed by atoms with van der Waals surface area (Å²) < 4.78 is 30.5. The van der Waals surface area contributed by atoms with Crippen molar-refractivity contribution in [3.8, 4) is 5.75 Å². The number of halogens is 3. The lowest BCUT2D eigenvalue weighted by Gasteiger charge is -2.10. The van der Waals surface area contributed by atoms with Crippen LogP contribution in [0.4, 0.5) is 8.78 Å². The van der Waals surface area contributed by atoms with Gasteiger partial charge in [0.2, 0.25) is 0 Å². The number of rotatable bonds is 4. The van der Waals surface area contributed by atoms with Gasteiger partial charge in [0.1, 0.15) is 3.70 Å². The van der Waals surface area contributed by atoms with Crippen LogP contribution in [-0.4, -0.2) is 23.2 Å². The third-order valence-electron chi connectivity index (χ3n) is 1.83. The molecule has 0 spiro atoms. The molecular formula is C9H8F2INO3. The lowest BCUT2D eigenvalue weighted by molar-refractivity contribution is -0.136. The van der Waals surface area contributed by atoms with Crippen molar-refractivity contribution in [2.75, 3.05) is 7.11 Å². The van der Waals surface area contributed by atoms with Crippen LogP contribution in [0.5, 0.6) is 5.75 Å². The number of aromatic nitrogens is 1. The van der Waals surface area contributed by atoms with Gasteiger partial charge in [-0.25, -0.2) is 13.8 Å². The van der Waals surface area contributed by atoms with Crippen LogP contribution in [0.3, 0.4) is 0 Å². The standard InChI is InChI=1S/C9H8F2INO3/c1-16-6-2-4(8(10)11)5(3-7(14)15)13-9(6)12/h2,8H,3H2,1H3,(H,14,15). The van der Waals surface area contributed by atoms with Gasteiger partial charge in [0.25, 0.3) is 6.43 Å². The van der Waals surface area contributed by atoms with Crippen molar-refractivity contribution in [1.82, 2.24) is 4.98 Å². The van der Waals surface area contributed by atoms with Gasteiger partial charge in [0.15, 0.2) is 5.75 Å². The molecule has 1 N–H and O–H groups in total. The maximum atomic E-state index is 12.6. The quantitative estimate of drug-likeness (QED) is 0.673. The Balaban J connectivity index is 3.24. The zero-order chi connectivity index (χ0) is 12.3. The Labute approximate surface area is 104 Å². The summed E-state index contributed by atoms with van der Waals surface area (Å²) >= 11 is 1.80. The van der Waals surface area contributed by atoms with Crippen LogP contribution in [0, 0.1) is 3.70 Å². The highest BCUT2D eigenvalue weighted by molar-refractivity contribution is 14.1. The SMILES string of the molecule is COc1cc(C(F)F)c(CC(=O)O)nc1I. The van der Waals surface area contributed by atoms with Crippen LogP contribution in [0.15, 0.2) is 6.07 Å². The number of hydrogen-bond acceptors (Lipinski definition) is 3. The van der Waals surface area contributed by atoms with Gasteiger partial charge in [-0.2, -0.15) is 0 Å². The van der Waals surface area contributed by atoms with Crippen LogP contribution in [0.25, 0.3) is 0 Å². The first-order chi connectivity index (χ1) is 7.45. The van der Waals surface area contributed by atoms with Gasteiger partial charge < -0.3 is 9.84 Å². The van der Waals surface area contributed by atoms with E-state index < -0.39 is 24.4 Å². The van der Waals surface area contributed by atoms with Gasteiger partial charge in [0, 0.05) is 5.56 Å². The monoisotopic (exact) mass is 343 g/mol. The Morgan fingerprint density at radius 2 is 2.31 bits per heavy atom. The average molecular weight is 343 g/mol. The molecule has 88 valence electrons. The molecule has 1 heterocycles. The van der Waals surface area contributed by atoms with Gasteiger partial charge in [-0.1, -0.05) is 0 Å². The predicted octanol–water partition coefficient (Wildman–Crippen LogP) is 2.26. The van der Waals surface area contributed by atoms with E-state index in [9.17, 15) is 13.6 Å². The van der Waals surface area contributed by atoms with E-state index in [2.05, 4.69) is 4.98 Å². The second-order valence-electron chi connectivity index (χ2n) is 2.89. The highest BCUT2D eigenvalue weighted by atomic mass is 127. The highest BCUT2D eigenvalue weighted by Crippen LogP contribution is 2.29. The molecule has 0 amide bonds. The van der Waals surface area contributed by atoms with Crippen LogP contribution < -0.4 is 4.74 Å². The number of hydrogen-bond donors (Lipinski definition) is 1. The second kappa shape index (κ2) is 5.37. The van der Waals surface area contributed by atoms with E-state index in [1.807, 2.05) is 0 Å². The Morgan fingerprint density at radius 3 is 2.75 bits per heavy atom. The molecular weight excluding hydrogens is 335 g/mol. The molecule has 0 radical (unpaired) electrons. The number of carbonyl (C=O) groups is 1. The Bertz CT molecular complexity index is 412. The van der Waals surface area contributed by atoms with Crippen molar-refractivity contribution >= 4 is 28.6 Å². The van der Waals surface area contributed by atoms with Crippen molar-refractivity contribution in [1.29, 1.82) is 0 Å². The van der Waals surface area contributed by atoms with Crippen molar-refractivity contribution in [2.24, 2.45) is 0 Å². The first kappa shape index (κ1) is 13.1. The number of methoxy groups -OCH3 is 1. The third kappa shape index (κ3) is 3.00. The van der Waals surface area contributed by atoms with E-state index in [1.54, 1.807) is 22.6 Å². The topological polar surface area (TPSA) is 59.4 Å². The molecule has 0 unspecified atom stereocenters. The zero-order valence-electron chi connectivity index (χ0n) is 8.21. The summed E-state index contributed by atoms with van der Waals surface area (Å²) in [6.07, 6.45) is -3.30. The van der Waals surface area contributed by atoms with Gasteiger partial charge in [-0.05, 0) is 28.7 Å². The fourth-order valence-corrected chi connectivity index (χ4v) is 1.81. The summed E-state index contributed by atoms with van der Waals surface area (Å²) in [4.78, 5) is 14.3. The Hall–Kier alpha value is -0.990. The molecule has 1 rings (SSSR count). The van der Waals surface area contributed by atoms with E-state index in [1.165, 1.54) is 7.11 Å². The first-order valence-corrected chi connectivity index (χ1v) is 5.26. The minimum absolute atomic E-state index is 0.132. The maximum Gasteiger partial charge on any atom is 0.309 e. The predicted molar refractivity (Wildman–Crippen MR) is 59.8 cm³/mol. The van der Waals surface area contributed by atoms with Crippen molar-refractivity contribution < 1.29 is 23.4 Å². The van der Waals surface area contributed by atoms with E-state index >= 15 is 0 Å². The fraction of sp³-hybridized carbons (Fsp3) is 0.333. The van der Waals surface area contributed by atoms with Crippen LogP contribution in [0.2, 0.25) is 0 Å². The van der Waals surface area contributed by atoms with Gasteiger partial charge in [0.05, 0.1) is 19.2 Å². The third-order valence-corrected chi connectivity index (χ3v) is 2.60. The average Bonchev–Trinajstić information content (AvgIpc) is 2.16. The first-order valence-electron chi connectivity index (χ1n) is 4.19. The normalized spacial score (nSPS) is 10.6. The summed E-state index contributed by atoms with van der Waals surface area (Å²) in [6, 6.07) is 1.12. The molecule has 16 heavy (non-hydrogen) atoms. The van der Waals surface area contributed by atoms with Crippen molar-refractivity contribution in [2.45, 2.75) is 12.8 Å². The second-order valence-corrected chi connectivity index (χ2v) is 3.91. The van der Waals surface area contributed by atoms with E-state index in [-0.39, 0.29) is 11.4 Å². The largest absolute Gasteiger partial charge is 0.494 e. The smallest absolute Gasteiger partial charge is 0.309 e. The number of carboxylic acid groups (broad SMARTS) is 1. The molecule has 0 saturated carbocycles. The van der Waals surface area contributed by atoms with Gasteiger partial charge >= 0.3 is 5.97 Å². The Morgan fingerprint density at radius 1 is 1.69 bits per heavy atom. The van der Waals surface area contributed by atoms with Crippen molar-refractivity contribution in [3.05, 3.63) is 21.0 Å². The fourth-order valence-electron chi connectivity index (χ4n) is 1.14.